The van der Waals surface area contributed by atoms with E-state index in [1.165, 1.54) is 58.5 Å². The molecule has 0 spiro atoms. The first-order chi connectivity index (χ1) is 15.2. The molecule has 8 unspecified atom stereocenters. The van der Waals surface area contributed by atoms with Crippen molar-refractivity contribution in [2.45, 2.75) is 111 Å². The maximum atomic E-state index is 11.6. The van der Waals surface area contributed by atoms with Gasteiger partial charge in [0.15, 0.2) is 0 Å². The first kappa shape index (κ1) is 24.1. The van der Waals surface area contributed by atoms with Crippen LogP contribution in [0.4, 0.5) is 4.79 Å². The first-order valence-electron chi connectivity index (χ1n) is 13.6. The largest absolute Gasteiger partial charge is 0.508 e. The van der Waals surface area contributed by atoms with Crippen molar-refractivity contribution in [1.82, 2.24) is 0 Å². The fourth-order valence-corrected chi connectivity index (χ4v) is 8.94. The predicted octanol–water partition coefficient (Wildman–Crippen LogP) is 8.18. The number of methoxy groups -OCH3 is 1. The van der Waals surface area contributed by atoms with E-state index in [0.29, 0.717) is 10.8 Å². The van der Waals surface area contributed by atoms with Gasteiger partial charge in [-0.15, -0.1) is 0 Å². The molecule has 0 bridgehead atoms. The summed E-state index contributed by atoms with van der Waals surface area (Å²) in [6.45, 7) is 12.5. The summed E-state index contributed by atoms with van der Waals surface area (Å²) < 4.78 is 10.3. The van der Waals surface area contributed by atoms with Crippen molar-refractivity contribution in [3.63, 3.8) is 0 Å². The average Bonchev–Trinajstić information content (AvgIpc) is 3.11. The molecule has 182 valence electrons. The van der Waals surface area contributed by atoms with Crippen LogP contribution in [0.15, 0.2) is 11.6 Å². The van der Waals surface area contributed by atoms with Gasteiger partial charge < -0.3 is 9.47 Å². The lowest BCUT2D eigenvalue weighted by molar-refractivity contribution is -0.0608. The molecule has 4 aliphatic carbocycles. The summed E-state index contributed by atoms with van der Waals surface area (Å²) in [5.74, 6) is 5.20. The molecule has 8 atom stereocenters. The third kappa shape index (κ3) is 4.27. The van der Waals surface area contributed by atoms with Gasteiger partial charge in [-0.3, -0.25) is 0 Å². The molecule has 0 amide bonds. The Morgan fingerprint density at radius 2 is 1.84 bits per heavy atom. The van der Waals surface area contributed by atoms with Crippen LogP contribution in [0.25, 0.3) is 0 Å². The molecule has 0 N–H and O–H groups in total. The fourth-order valence-electron chi connectivity index (χ4n) is 8.94. The van der Waals surface area contributed by atoms with Gasteiger partial charge in [-0.2, -0.15) is 0 Å². The molecule has 0 saturated heterocycles. The Hall–Kier alpha value is -0.990. The number of ether oxygens (including phenoxy) is 2. The summed E-state index contributed by atoms with van der Waals surface area (Å²) in [6, 6.07) is 0. The van der Waals surface area contributed by atoms with Crippen LogP contribution in [0.3, 0.4) is 0 Å². The zero-order chi connectivity index (χ0) is 23.1. The number of hydrogen-bond donors (Lipinski definition) is 0. The van der Waals surface area contributed by atoms with Crippen LogP contribution >= 0.6 is 0 Å². The fraction of sp³-hybridized carbons (Fsp3) is 0.897. The minimum Gasteiger partial charge on any atom is -0.438 e. The number of rotatable bonds is 6. The zero-order valence-corrected chi connectivity index (χ0v) is 21.6. The van der Waals surface area contributed by atoms with Crippen LogP contribution in [0.2, 0.25) is 0 Å². The molecule has 0 aromatic heterocycles. The van der Waals surface area contributed by atoms with E-state index in [-0.39, 0.29) is 6.10 Å². The molecule has 0 radical (unpaired) electrons. The van der Waals surface area contributed by atoms with Gasteiger partial charge in [0.05, 0.1) is 7.11 Å². The topological polar surface area (TPSA) is 35.5 Å². The Morgan fingerprint density at radius 3 is 2.56 bits per heavy atom. The van der Waals surface area contributed by atoms with Gasteiger partial charge in [0.25, 0.3) is 0 Å². The van der Waals surface area contributed by atoms with Crippen molar-refractivity contribution >= 4 is 6.16 Å². The summed E-state index contributed by atoms with van der Waals surface area (Å²) in [7, 11) is 1.40. The number of carbonyl (C=O) groups is 1. The second-order valence-corrected chi connectivity index (χ2v) is 12.7. The van der Waals surface area contributed by atoms with Crippen LogP contribution < -0.4 is 0 Å². The van der Waals surface area contributed by atoms with Crippen molar-refractivity contribution in [3.05, 3.63) is 11.6 Å². The van der Waals surface area contributed by atoms with Gasteiger partial charge in [-0.1, -0.05) is 65.5 Å². The van der Waals surface area contributed by atoms with Crippen molar-refractivity contribution < 1.29 is 14.3 Å². The van der Waals surface area contributed by atoms with Gasteiger partial charge in [0, 0.05) is 6.42 Å². The lowest BCUT2D eigenvalue weighted by Crippen LogP contribution is -2.51. The SMILES string of the molecule is COC(=O)OC1CCC2(C)C(=CCC3C2CCC2(C)C(C(C)CCCC(C)C)CCC32)C1. The van der Waals surface area contributed by atoms with Gasteiger partial charge in [-0.25, -0.2) is 4.79 Å². The Kier molecular flexibility index (Phi) is 7.04. The highest BCUT2D eigenvalue weighted by atomic mass is 16.7. The molecule has 4 rings (SSSR count). The molecule has 0 aliphatic heterocycles. The molecule has 0 aromatic carbocycles. The number of hydrogen-bond acceptors (Lipinski definition) is 3. The van der Waals surface area contributed by atoms with E-state index in [1.807, 2.05) is 0 Å². The van der Waals surface area contributed by atoms with Crippen LogP contribution in [0.5, 0.6) is 0 Å². The third-order valence-electron chi connectivity index (χ3n) is 10.7. The minimum atomic E-state index is -0.527. The molecule has 4 aliphatic rings. The normalized spacial score (nSPS) is 41.8. The van der Waals surface area contributed by atoms with E-state index >= 15 is 0 Å². The summed E-state index contributed by atoms with van der Waals surface area (Å²) in [5, 5.41) is 0. The Balaban J connectivity index is 1.45. The van der Waals surface area contributed by atoms with Crippen molar-refractivity contribution in [1.29, 1.82) is 0 Å². The van der Waals surface area contributed by atoms with Crippen LogP contribution in [0, 0.1) is 46.3 Å². The van der Waals surface area contributed by atoms with Gasteiger partial charge in [0.1, 0.15) is 6.10 Å². The van der Waals surface area contributed by atoms with E-state index in [2.05, 4.69) is 40.7 Å². The summed E-state index contributed by atoms with van der Waals surface area (Å²) >= 11 is 0. The van der Waals surface area contributed by atoms with E-state index in [4.69, 9.17) is 9.47 Å². The van der Waals surface area contributed by atoms with Crippen LogP contribution in [-0.4, -0.2) is 19.4 Å². The number of fused-ring (bicyclic) bond motifs is 5. The molecular weight excluding hydrogens is 396 g/mol. The quantitative estimate of drug-likeness (QED) is 0.306. The van der Waals surface area contributed by atoms with Crippen molar-refractivity contribution in [2.24, 2.45) is 46.3 Å². The van der Waals surface area contributed by atoms with Crippen LogP contribution in [0.1, 0.15) is 105 Å². The summed E-state index contributed by atoms with van der Waals surface area (Å²) in [5.41, 5.74) is 2.42. The third-order valence-corrected chi connectivity index (χ3v) is 10.7. The predicted molar refractivity (Wildman–Crippen MR) is 130 cm³/mol. The molecule has 0 aromatic rings. The highest BCUT2D eigenvalue weighted by molar-refractivity contribution is 5.59. The molecule has 0 heterocycles. The molecule has 3 heteroatoms. The first-order valence-corrected chi connectivity index (χ1v) is 13.6. The van der Waals surface area contributed by atoms with E-state index in [0.717, 1.165) is 54.8 Å². The zero-order valence-electron chi connectivity index (χ0n) is 21.6. The van der Waals surface area contributed by atoms with Crippen LogP contribution in [-0.2, 0) is 9.47 Å². The maximum Gasteiger partial charge on any atom is 0.508 e. The lowest BCUT2D eigenvalue weighted by Gasteiger charge is -2.58. The Bertz CT molecular complexity index is 711. The van der Waals surface area contributed by atoms with Crippen molar-refractivity contribution in [2.75, 3.05) is 7.11 Å². The minimum absolute atomic E-state index is 0.00488. The van der Waals surface area contributed by atoms with E-state index in [1.54, 1.807) is 5.57 Å². The maximum absolute atomic E-state index is 11.6. The van der Waals surface area contributed by atoms with Gasteiger partial charge >= 0.3 is 6.16 Å². The highest BCUT2D eigenvalue weighted by Gasteiger charge is 2.59. The van der Waals surface area contributed by atoms with Gasteiger partial charge in [-0.05, 0) is 91.3 Å². The summed E-state index contributed by atoms with van der Waals surface area (Å²) in [6.07, 6.45) is 16.2. The highest BCUT2D eigenvalue weighted by Crippen LogP contribution is 2.67. The molecular formula is C29H48O3. The second kappa shape index (κ2) is 9.34. The Morgan fingerprint density at radius 1 is 1.06 bits per heavy atom. The average molecular weight is 445 g/mol. The van der Waals surface area contributed by atoms with Crippen molar-refractivity contribution in [3.8, 4) is 0 Å². The van der Waals surface area contributed by atoms with Gasteiger partial charge in [0.2, 0.25) is 0 Å². The lowest BCUT2D eigenvalue weighted by atomic mass is 9.47. The Labute approximate surface area is 197 Å². The van der Waals surface area contributed by atoms with E-state index < -0.39 is 6.16 Å². The molecule has 3 fully saturated rings. The molecule has 3 saturated carbocycles. The second-order valence-electron chi connectivity index (χ2n) is 12.7. The summed E-state index contributed by atoms with van der Waals surface area (Å²) in [4.78, 5) is 11.6. The number of carbonyl (C=O) groups excluding carboxylic acids is 1. The smallest absolute Gasteiger partial charge is 0.438 e. The monoisotopic (exact) mass is 444 g/mol. The van der Waals surface area contributed by atoms with E-state index in [9.17, 15) is 4.79 Å². The molecule has 32 heavy (non-hydrogen) atoms. The number of allylic oxidation sites excluding steroid dienone is 1. The standard InChI is InChI=1S/C29H48O3/c1-19(2)8-7-9-20(3)24-12-13-25-23-11-10-21-18-22(32-27(30)31-6)14-16-28(21,4)26(23)15-17-29(24,25)5/h10,19-20,22-26H,7-9,11-18H2,1-6H3. The molecule has 3 nitrogen and oxygen atoms in total.